The molecule has 1 N–H and O–H groups in total. The average molecular weight is 339 g/mol. The number of thioether (sulfide) groups is 2. The van der Waals surface area contributed by atoms with Crippen molar-refractivity contribution in [3.63, 3.8) is 0 Å². The molecule has 122 valence electrons. The van der Waals surface area contributed by atoms with Crippen molar-refractivity contribution in [2.75, 3.05) is 5.75 Å². The average Bonchev–Trinajstić information content (AvgIpc) is 2.46. The lowest BCUT2D eigenvalue weighted by Crippen LogP contribution is -2.25. The topological polar surface area (TPSA) is 37.3 Å². The van der Waals surface area contributed by atoms with Gasteiger partial charge in [-0.05, 0) is 36.0 Å². The number of hydrogen-bond acceptors (Lipinski definition) is 3. The van der Waals surface area contributed by atoms with E-state index in [-0.39, 0.29) is 11.2 Å². The number of carbonyl (C=O) groups is 1. The molecule has 0 heterocycles. The summed E-state index contributed by atoms with van der Waals surface area (Å²) in [6, 6.07) is 8.83. The van der Waals surface area contributed by atoms with Gasteiger partial charge < -0.3 is 5.11 Å². The summed E-state index contributed by atoms with van der Waals surface area (Å²) in [5, 5.41) is 9.92. The van der Waals surface area contributed by atoms with Crippen LogP contribution in [0.15, 0.2) is 29.2 Å². The van der Waals surface area contributed by atoms with Crippen molar-refractivity contribution >= 4 is 29.5 Å². The lowest BCUT2D eigenvalue weighted by molar-refractivity contribution is -0.133. The van der Waals surface area contributed by atoms with Crippen LogP contribution in [-0.2, 0) is 10.2 Å². The molecule has 0 unspecified atom stereocenters. The van der Waals surface area contributed by atoms with E-state index in [0.717, 1.165) is 6.42 Å². The third-order valence-electron chi connectivity index (χ3n) is 4.05. The van der Waals surface area contributed by atoms with E-state index < -0.39 is 5.97 Å². The third-order valence-corrected chi connectivity index (χ3v) is 7.02. The normalized spacial score (nSPS) is 22.5. The van der Waals surface area contributed by atoms with Gasteiger partial charge in [0, 0.05) is 15.4 Å². The first-order valence-corrected chi connectivity index (χ1v) is 9.90. The molecule has 1 fully saturated rings. The molecule has 2 atom stereocenters. The molecule has 1 aliphatic carbocycles. The predicted molar refractivity (Wildman–Crippen MR) is 97.1 cm³/mol. The molecule has 0 saturated heterocycles. The van der Waals surface area contributed by atoms with Crippen molar-refractivity contribution in [3.8, 4) is 0 Å². The minimum absolute atomic E-state index is 0.167. The second-order valence-corrected chi connectivity index (χ2v) is 9.50. The minimum Gasteiger partial charge on any atom is -0.481 e. The lowest BCUT2D eigenvalue weighted by atomic mass is 9.87. The van der Waals surface area contributed by atoms with Crippen LogP contribution in [-0.4, -0.2) is 27.3 Å². The van der Waals surface area contributed by atoms with Gasteiger partial charge in [0.1, 0.15) is 0 Å². The summed E-state index contributed by atoms with van der Waals surface area (Å²) in [4.78, 5) is 12.2. The van der Waals surface area contributed by atoms with Gasteiger partial charge >= 0.3 is 5.97 Å². The van der Waals surface area contributed by atoms with Gasteiger partial charge in [-0.2, -0.15) is 0 Å². The molecule has 0 radical (unpaired) electrons. The van der Waals surface area contributed by atoms with Gasteiger partial charge in [0.05, 0.1) is 5.75 Å². The van der Waals surface area contributed by atoms with Gasteiger partial charge in [-0.15, -0.1) is 23.5 Å². The molecule has 1 aromatic carbocycles. The molecule has 0 aromatic heterocycles. The Kier molecular flexibility index (Phi) is 6.27. The molecule has 2 rings (SSSR count). The van der Waals surface area contributed by atoms with Crippen LogP contribution in [0.4, 0.5) is 0 Å². The summed E-state index contributed by atoms with van der Waals surface area (Å²) in [5.74, 6) is -0.474. The quantitative estimate of drug-likeness (QED) is 0.800. The molecule has 2 nitrogen and oxygen atoms in total. The molecule has 1 aliphatic rings. The fourth-order valence-corrected chi connectivity index (χ4v) is 5.49. The highest BCUT2D eigenvalue weighted by atomic mass is 32.2. The zero-order valence-corrected chi connectivity index (χ0v) is 15.3. The summed E-state index contributed by atoms with van der Waals surface area (Å²) in [5.41, 5.74) is 1.53. The van der Waals surface area contributed by atoms with Gasteiger partial charge in [-0.1, -0.05) is 45.7 Å². The van der Waals surface area contributed by atoms with Gasteiger partial charge in [-0.25, -0.2) is 0 Å². The van der Waals surface area contributed by atoms with Crippen molar-refractivity contribution in [1.82, 2.24) is 0 Å². The van der Waals surface area contributed by atoms with E-state index >= 15 is 0 Å². The summed E-state index contributed by atoms with van der Waals surface area (Å²) < 4.78 is 0. The SMILES string of the molecule is CC(C)(C)c1cccc(S[C@@H]2CCCC[C@H]2SCC(=O)O)c1. The van der Waals surface area contributed by atoms with Crippen LogP contribution in [0.2, 0.25) is 0 Å². The zero-order chi connectivity index (χ0) is 16.2. The monoisotopic (exact) mass is 338 g/mol. The highest BCUT2D eigenvalue weighted by molar-refractivity contribution is 8.04. The number of carboxylic acids is 1. The van der Waals surface area contributed by atoms with Gasteiger partial charge in [0.25, 0.3) is 0 Å². The van der Waals surface area contributed by atoms with E-state index in [9.17, 15) is 4.79 Å². The van der Waals surface area contributed by atoms with E-state index in [1.165, 1.54) is 29.7 Å². The van der Waals surface area contributed by atoms with Crippen LogP contribution in [0, 0.1) is 0 Å². The van der Waals surface area contributed by atoms with Gasteiger partial charge in [0.2, 0.25) is 0 Å². The third kappa shape index (κ3) is 5.24. The Morgan fingerprint density at radius 2 is 1.91 bits per heavy atom. The van der Waals surface area contributed by atoms with E-state index in [2.05, 4.69) is 45.0 Å². The molecule has 0 bridgehead atoms. The smallest absolute Gasteiger partial charge is 0.313 e. The first-order chi connectivity index (χ1) is 10.4. The highest BCUT2D eigenvalue weighted by Crippen LogP contribution is 2.40. The second kappa shape index (κ2) is 7.78. The van der Waals surface area contributed by atoms with Crippen LogP contribution < -0.4 is 0 Å². The van der Waals surface area contributed by atoms with Crippen molar-refractivity contribution in [2.24, 2.45) is 0 Å². The number of hydrogen-bond donors (Lipinski definition) is 1. The van der Waals surface area contributed by atoms with Crippen molar-refractivity contribution in [2.45, 2.75) is 67.3 Å². The zero-order valence-electron chi connectivity index (χ0n) is 13.7. The molecule has 4 heteroatoms. The van der Waals surface area contributed by atoms with Crippen LogP contribution in [0.1, 0.15) is 52.0 Å². The Bertz CT molecular complexity index is 508. The summed E-state index contributed by atoms with van der Waals surface area (Å²) in [6.45, 7) is 6.72. The Morgan fingerprint density at radius 3 is 2.55 bits per heavy atom. The maximum atomic E-state index is 10.8. The van der Waals surface area contributed by atoms with Crippen LogP contribution >= 0.6 is 23.5 Å². The maximum Gasteiger partial charge on any atom is 0.313 e. The number of benzene rings is 1. The minimum atomic E-state index is -0.700. The van der Waals surface area contributed by atoms with Gasteiger partial charge in [0.15, 0.2) is 0 Å². The predicted octanol–water partition coefficient (Wildman–Crippen LogP) is 5.21. The standard InChI is InChI=1S/C18H26O2S2/c1-18(2,3)13-7-6-8-14(11-13)22-16-10-5-4-9-15(16)21-12-17(19)20/h6-8,11,15-16H,4-5,9-10,12H2,1-3H3,(H,19,20)/t15-,16-/m1/s1. The van der Waals surface area contributed by atoms with E-state index in [1.54, 1.807) is 11.8 Å². The molecular formula is C18H26O2S2. The van der Waals surface area contributed by atoms with E-state index in [0.29, 0.717) is 10.5 Å². The number of rotatable bonds is 5. The number of aliphatic carboxylic acids is 1. The van der Waals surface area contributed by atoms with E-state index in [4.69, 9.17) is 5.11 Å². The second-order valence-electron chi connectivity index (χ2n) is 6.96. The maximum absolute atomic E-state index is 10.8. The Balaban J connectivity index is 2.05. The van der Waals surface area contributed by atoms with Gasteiger partial charge in [-0.3, -0.25) is 4.79 Å². The summed E-state index contributed by atoms with van der Waals surface area (Å²) in [6.07, 6.45) is 4.84. The van der Waals surface area contributed by atoms with Crippen LogP contribution in [0.25, 0.3) is 0 Å². The van der Waals surface area contributed by atoms with Crippen LogP contribution in [0.5, 0.6) is 0 Å². The summed E-state index contributed by atoms with van der Waals surface area (Å²) >= 11 is 3.56. The van der Waals surface area contributed by atoms with Crippen molar-refractivity contribution in [1.29, 1.82) is 0 Å². The Morgan fingerprint density at radius 1 is 1.23 bits per heavy atom. The molecule has 0 aliphatic heterocycles. The Labute approximate surface area is 142 Å². The fourth-order valence-electron chi connectivity index (χ4n) is 2.78. The fraction of sp³-hybridized carbons (Fsp3) is 0.611. The molecule has 22 heavy (non-hydrogen) atoms. The largest absolute Gasteiger partial charge is 0.481 e. The molecule has 1 saturated carbocycles. The molecule has 0 amide bonds. The highest BCUT2D eigenvalue weighted by Gasteiger charge is 2.27. The number of carboxylic acid groups (broad SMARTS) is 1. The first-order valence-electron chi connectivity index (χ1n) is 7.97. The van der Waals surface area contributed by atoms with Crippen molar-refractivity contribution in [3.05, 3.63) is 29.8 Å². The van der Waals surface area contributed by atoms with E-state index in [1.807, 2.05) is 11.8 Å². The molecule has 0 spiro atoms. The Hall–Kier alpha value is -0.610. The molecule has 1 aromatic rings. The lowest BCUT2D eigenvalue weighted by Gasteiger charge is -2.30. The van der Waals surface area contributed by atoms with Crippen molar-refractivity contribution < 1.29 is 9.90 Å². The van der Waals surface area contributed by atoms with Crippen LogP contribution in [0.3, 0.4) is 0 Å². The first kappa shape index (κ1) is 17.7. The summed E-state index contributed by atoms with van der Waals surface area (Å²) in [7, 11) is 0. The molecular weight excluding hydrogens is 312 g/mol.